The van der Waals surface area contributed by atoms with Gasteiger partial charge in [0.05, 0.1) is 25.5 Å². The maximum atomic E-state index is 11.4. The summed E-state index contributed by atoms with van der Waals surface area (Å²) >= 11 is 0. The van der Waals surface area contributed by atoms with Crippen molar-refractivity contribution in [1.82, 2.24) is 15.2 Å². The first-order valence-electron chi connectivity index (χ1n) is 8.32. The molecule has 4 aromatic rings. The molecule has 0 radical (unpaired) electrons. The Bertz CT molecular complexity index is 1280. The highest BCUT2D eigenvalue weighted by atomic mass is 32.2. The van der Waals surface area contributed by atoms with E-state index in [-0.39, 0.29) is 4.90 Å². The number of nitrogens with two attached hydrogens (primary N) is 1. The van der Waals surface area contributed by atoms with Gasteiger partial charge in [-0.05, 0) is 17.7 Å². The molecule has 4 rings (SSSR count). The smallest absolute Gasteiger partial charge is 0.324 e. The van der Waals surface area contributed by atoms with E-state index in [9.17, 15) is 8.42 Å². The summed E-state index contributed by atoms with van der Waals surface area (Å²) in [5.74, 6) is 1.98. The fourth-order valence-electron chi connectivity index (χ4n) is 3.09. The standard InChI is InChI=1S/C18H17N5O4S/c1-26-15-8-13-14(9-16(15)27-2)23-17(21-22-18(23)10-20-13)7-11-3-5-12(6-4-11)28(19,24)25/h3-6,8-10H,7H2,1-2H3,(H2,19,24,25)/p+1. The van der Waals surface area contributed by atoms with Crippen molar-refractivity contribution in [3.05, 3.63) is 54.0 Å². The number of H-pyrrole nitrogens is 1. The van der Waals surface area contributed by atoms with Crippen molar-refractivity contribution in [2.45, 2.75) is 11.3 Å². The largest absolute Gasteiger partial charge is 0.493 e. The lowest BCUT2D eigenvalue weighted by molar-refractivity contribution is -0.492. The molecule has 0 saturated carbocycles. The summed E-state index contributed by atoms with van der Waals surface area (Å²) in [5, 5.41) is 12.5. The molecule has 0 bridgehead atoms. The van der Waals surface area contributed by atoms with Crippen LogP contribution in [0.25, 0.3) is 16.7 Å². The number of primary sulfonamides is 1. The summed E-state index contributed by atoms with van der Waals surface area (Å²) in [7, 11) is -0.571. The van der Waals surface area contributed by atoms with Crippen LogP contribution in [0.2, 0.25) is 0 Å². The summed E-state index contributed by atoms with van der Waals surface area (Å²) < 4.78 is 35.5. The van der Waals surface area contributed by atoms with E-state index < -0.39 is 10.0 Å². The van der Waals surface area contributed by atoms with E-state index in [1.165, 1.54) is 12.1 Å². The van der Waals surface area contributed by atoms with Crippen LogP contribution in [-0.2, 0) is 16.4 Å². The van der Waals surface area contributed by atoms with Crippen LogP contribution < -0.4 is 19.0 Å². The summed E-state index contributed by atoms with van der Waals surface area (Å²) in [6.45, 7) is 0. The van der Waals surface area contributed by atoms with Crippen molar-refractivity contribution >= 4 is 26.7 Å². The molecule has 0 atom stereocenters. The number of fused-ring (bicyclic) bond motifs is 3. The molecule has 28 heavy (non-hydrogen) atoms. The zero-order valence-electron chi connectivity index (χ0n) is 15.2. The zero-order valence-corrected chi connectivity index (χ0v) is 16.0. The van der Waals surface area contributed by atoms with Crippen molar-refractivity contribution in [1.29, 1.82) is 0 Å². The normalized spacial score (nSPS) is 11.8. The molecule has 0 saturated heterocycles. The Hall–Kier alpha value is -3.24. The van der Waals surface area contributed by atoms with Crippen molar-refractivity contribution in [3.8, 4) is 11.5 Å². The van der Waals surface area contributed by atoms with E-state index in [1.54, 1.807) is 38.6 Å². The van der Waals surface area contributed by atoms with Gasteiger partial charge in [-0.1, -0.05) is 12.1 Å². The molecule has 9 nitrogen and oxygen atoms in total. The first-order chi connectivity index (χ1) is 13.4. The van der Waals surface area contributed by atoms with Crippen LogP contribution in [0, 0.1) is 0 Å². The van der Waals surface area contributed by atoms with Gasteiger partial charge in [-0.2, -0.15) is 4.40 Å². The number of sulfonamides is 1. The van der Waals surface area contributed by atoms with Crippen molar-refractivity contribution in [2.75, 3.05) is 14.2 Å². The average Bonchev–Trinajstić information content (AvgIpc) is 3.09. The molecular formula is C18H18N5O4S+. The Morgan fingerprint density at radius 2 is 1.79 bits per heavy atom. The number of nitrogens with one attached hydrogen (secondary N) is 1. The van der Waals surface area contributed by atoms with Gasteiger partial charge in [-0.15, -0.1) is 5.10 Å². The molecule has 0 aliphatic heterocycles. The lowest BCUT2D eigenvalue weighted by atomic mass is 10.1. The molecule has 3 N–H and O–H groups in total. The van der Waals surface area contributed by atoms with E-state index >= 15 is 0 Å². The molecule has 0 fully saturated rings. The summed E-state index contributed by atoms with van der Waals surface area (Å²) in [6.07, 6.45) is 2.16. The Balaban J connectivity index is 1.82. The SMILES string of the molecule is COc1cc2ncc3n[nH]c(Cc4ccc(S(N)(=O)=O)cc4)[n+]3c2cc1OC. The minimum atomic E-state index is -3.72. The molecule has 0 unspecified atom stereocenters. The minimum absolute atomic E-state index is 0.0739. The monoisotopic (exact) mass is 400 g/mol. The second-order valence-corrected chi connectivity index (χ2v) is 7.75. The summed E-state index contributed by atoms with van der Waals surface area (Å²) in [4.78, 5) is 4.51. The third-order valence-corrected chi connectivity index (χ3v) is 5.39. The van der Waals surface area contributed by atoms with Gasteiger partial charge in [-0.25, -0.2) is 18.5 Å². The van der Waals surface area contributed by atoms with Crippen molar-refractivity contribution < 1.29 is 22.3 Å². The summed E-state index contributed by atoms with van der Waals surface area (Å²) in [5.41, 5.74) is 3.08. The highest BCUT2D eigenvalue weighted by Gasteiger charge is 2.20. The Morgan fingerprint density at radius 1 is 1.11 bits per heavy atom. The van der Waals surface area contributed by atoms with E-state index in [1.807, 2.05) is 10.5 Å². The van der Waals surface area contributed by atoms with Gasteiger partial charge < -0.3 is 9.47 Å². The molecule has 2 aromatic carbocycles. The highest BCUT2D eigenvalue weighted by Crippen LogP contribution is 2.30. The first-order valence-corrected chi connectivity index (χ1v) is 9.87. The Kier molecular flexibility index (Phi) is 4.36. The van der Waals surface area contributed by atoms with Crippen LogP contribution >= 0.6 is 0 Å². The fraction of sp³-hybridized carbons (Fsp3) is 0.167. The molecule has 2 heterocycles. The number of hydrogen-bond donors (Lipinski definition) is 2. The molecule has 10 heteroatoms. The molecule has 0 aliphatic rings. The minimum Gasteiger partial charge on any atom is -0.493 e. The van der Waals surface area contributed by atoms with Gasteiger partial charge in [0, 0.05) is 17.2 Å². The van der Waals surface area contributed by atoms with Crippen LogP contribution in [0.4, 0.5) is 0 Å². The third kappa shape index (κ3) is 3.12. The molecule has 0 amide bonds. The second kappa shape index (κ2) is 6.73. The third-order valence-electron chi connectivity index (χ3n) is 4.46. The Morgan fingerprint density at radius 3 is 2.43 bits per heavy atom. The number of ether oxygens (including phenoxy) is 2. The van der Waals surface area contributed by atoms with Gasteiger partial charge in [0.15, 0.2) is 11.5 Å². The van der Waals surface area contributed by atoms with Crippen LogP contribution in [0.3, 0.4) is 0 Å². The number of methoxy groups -OCH3 is 2. The predicted molar refractivity (Wildman–Crippen MR) is 101 cm³/mol. The average molecular weight is 400 g/mol. The molecular weight excluding hydrogens is 382 g/mol. The first kappa shape index (κ1) is 18.1. The van der Waals surface area contributed by atoms with E-state index in [2.05, 4.69) is 15.2 Å². The zero-order chi connectivity index (χ0) is 19.9. The fourth-order valence-corrected chi connectivity index (χ4v) is 3.61. The maximum Gasteiger partial charge on any atom is 0.324 e. The molecule has 0 spiro atoms. The van der Waals surface area contributed by atoms with Crippen LogP contribution in [0.5, 0.6) is 11.5 Å². The van der Waals surface area contributed by atoms with Gasteiger partial charge in [-0.3, -0.25) is 0 Å². The molecule has 2 aromatic heterocycles. The lowest BCUT2D eigenvalue weighted by Gasteiger charge is -2.08. The number of nitrogens with zero attached hydrogens (tertiary/aromatic N) is 3. The number of aromatic amines is 1. The number of rotatable bonds is 5. The number of aromatic nitrogens is 4. The quantitative estimate of drug-likeness (QED) is 0.481. The number of benzene rings is 2. The van der Waals surface area contributed by atoms with E-state index in [4.69, 9.17) is 14.6 Å². The van der Waals surface area contributed by atoms with Crippen LogP contribution in [0.15, 0.2) is 47.5 Å². The van der Waals surface area contributed by atoms with Gasteiger partial charge >= 0.3 is 5.65 Å². The molecule has 0 aliphatic carbocycles. The summed E-state index contributed by atoms with van der Waals surface area (Å²) in [6, 6.07) is 10.1. The maximum absolute atomic E-state index is 11.4. The van der Waals surface area contributed by atoms with Gasteiger partial charge in [0.25, 0.3) is 0 Å². The highest BCUT2D eigenvalue weighted by molar-refractivity contribution is 7.89. The van der Waals surface area contributed by atoms with E-state index in [0.29, 0.717) is 23.6 Å². The predicted octanol–water partition coefficient (Wildman–Crippen LogP) is 0.952. The van der Waals surface area contributed by atoms with Gasteiger partial charge in [0.2, 0.25) is 15.8 Å². The van der Waals surface area contributed by atoms with Crippen LogP contribution in [-0.4, -0.2) is 37.8 Å². The van der Waals surface area contributed by atoms with Crippen molar-refractivity contribution in [3.63, 3.8) is 0 Å². The molecule has 144 valence electrons. The van der Waals surface area contributed by atoms with Crippen LogP contribution in [0.1, 0.15) is 11.4 Å². The lowest BCUT2D eigenvalue weighted by Crippen LogP contribution is -2.27. The topological polar surface area (TPSA) is 124 Å². The Labute approximate surface area is 160 Å². The van der Waals surface area contributed by atoms with E-state index in [0.717, 1.165) is 22.4 Å². The van der Waals surface area contributed by atoms with Crippen molar-refractivity contribution in [2.24, 2.45) is 5.14 Å². The second-order valence-electron chi connectivity index (χ2n) is 6.18. The number of hydrogen-bond acceptors (Lipinski definition) is 6. The van der Waals surface area contributed by atoms with Gasteiger partial charge in [0.1, 0.15) is 17.2 Å².